The fourth-order valence-corrected chi connectivity index (χ4v) is 5.01. The Morgan fingerprint density at radius 2 is 1.93 bits per heavy atom. The van der Waals surface area contributed by atoms with Gasteiger partial charge in [-0.3, -0.25) is 0 Å². The van der Waals surface area contributed by atoms with E-state index in [0.29, 0.717) is 6.61 Å². The molecule has 0 unspecified atom stereocenters. The second-order valence-electron chi connectivity index (χ2n) is 9.05. The molecule has 4 nitrogen and oxygen atoms in total. The minimum absolute atomic E-state index is 0.216. The Hall–Kier alpha value is -2.33. The molecule has 0 aliphatic carbocycles. The van der Waals surface area contributed by atoms with Crippen LogP contribution in [0, 0.1) is 13.8 Å². The monoisotopic (exact) mass is 376 g/mol. The molecule has 0 saturated carbocycles. The number of rotatable bonds is 1. The SMILES string of the molecule is Cc1ccc(C)c(C2=NN3[C@@H](C2)c2ccccc2O[C@]32CCOC(C)(C)C2)c1. The van der Waals surface area contributed by atoms with Gasteiger partial charge in [0.2, 0.25) is 5.72 Å². The third kappa shape index (κ3) is 2.74. The highest BCUT2D eigenvalue weighted by Gasteiger charge is 2.54. The molecule has 146 valence electrons. The minimum Gasteiger partial charge on any atom is -0.466 e. The number of hydrogen-bond acceptors (Lipinski definition) is 4. The lowest BCUT2D eigenvalue weighted by molar-refractivity contribution is -0.212. The topological polar surface area (TPSA) is 34.1 Å². The van der Waals surface area contributed by atoms with Gasteiger partial charge in [-0.05, 0) is 45.4 Å². The van der Waals surface area contributed by atoms with Crippen LogP contribution in [0.1, 0.15) is 61.4 Å². The van der Waals surface area contributed by atoms with Crippen LogP contribution in [0.3, 0.4) is 0 Å². The Morgan fingerprint density at radius 3 is 2.75 bits per heavy atom. The molecule has 3 aliphatic heterocycles. The molecule has 4 heteroatoms. The van der Waals surface area contributed by atoms with Crippen LogP contribution in [-0.2, 0) is 4.74 Å². The van der Waals surface area contributed by atoms with Crippen molar-refractivity contribution < 1.29 is 9.47 Å². The smallest absolute Gasteiger partial charge is 0.203 e. The largest absolute Gasteiger partial charge is 0.466 e. The van der Waals surface area contributed by atoms with Crippen molar-refractivity contribution >= 4 is 5.71 Å². The van der Waals surface area contributed by atoms with Crippen LogP contribution in [0.4, 0.5) is 0 Å². The summed E-state index contributed by atoms with van der Waals surface area (Å²) in [5, 5.41) is 7.45. The highest BCUT2D eigenvalue weighted by atomic mass is 16.5. The minimum atomic E-state index is -0.444. The highest BCUT2D eigenvalue weighted by Crippen LogP contribution is 2.51. The van der Waals surface area contributed by atoms with Gasteiger partial charge in [0.1, 0.15) is 5.75 Å². The summed E-state index contributed by atoms with van der Waals surface area (Å²) < 4.78 is 12.7. The molecule has 2 aromatic carbocycles. The Kier molecular flexibility index (Phi) is 3.86. The van der Waals surface area contributed by atoms with Crippen LogP contribution < -0.4 is 4.74 Å². The summed E-state index contributed by atoms with van der Waals surface area (Å²) in [6.45, 7) is 9.31. The van der Waals surface area contributed by atoms with Crippen LogP contribution in [0.25, 0.3) is 0 Å². The van der Waals surface area contributed by atoms with E-state index in [4.69, 9.17) is 14.6 Å². The summed E-state index contributed by atoms with van der Waals surface area (Å²) in [6.07, 6.45) is 2.53. The Bertz CT molecular complexity index is 965. The van der Waals surface area contributed by atoms with Crippen molar-refractivity contribution in [3.63, 3.8) is 0 Å². The average Bonchev–Trinajstić information content (AvgIpc) is 3.09. The molecular weight excluding hydrogens is 348 g/mol. The first-order chi connectivity index (χ1) is 13.4. The van der Waals surface area contributed by atoms with Crippen LogP contribution in [-0.4, -0.2) is 28.7 Å². The summed E-state index contributed by atoms with van der Waals surface area (Å²) in [6, 6.07) is 15.3. The highest BCUT2D eigenvalue weighted by molar-refractivity contribution is 6.03. The molecule has 3 aliphatic rings. The first-order valence-corrected chi connectivity index (χ1v) is 10.2. The Balaban J connectivity index is 1.63. The summed E-state index contributed by atoms with van der Waals surface area (Å²) in [5.74, 6) is 0.999. The van der Waals surface area contributed by atoms with Crippen molar-refractivity contribution in [2.75, 3.05) is 6.61 Å². The zero-order valence-corrected chi connectivity index (χ0v) is 17.2. The number of ether oxygens (including phenoxy) is 2. The van der Waals surface area contributed by atoms with E-state index >= 15 is 0 Å². The second kappa shape index (κ2) is 6.08. The van der Waals surface area contributed by atoms with E-state index in [9.17, 15) is 0 Å². The summed E-state index contributed by atoms with van der Waals surface area (Å²) in [4.78, 5) is 0. The lowest BCUT2D eigenvalue weighted by atomic mass is 9.86. The van der Waals surface area contributed by atoms with Crippen LogP contribution in [0.2, 0.25) is 0 Å². The predicted molar refractivity (Wildman–Crippen MR) is 111 cm³/mol. The molecule has 0 N–H and O–H groups in total. The third-order valence-electron chi connectivity index (χ3n) is 6.30. The van der Waals surface area contributed by atoms with Gasteiger partial charge in [0.25, 0.3) is 0 Å². The van der Waals surface area contributed by atoms with Gasteiger partial charge in [-0.15, -0.1) is 0 Å². The molecule has 0 amide bonds. The van der Waals surface area contributed by atoms with Gasteiger partial charge in [-0.25, -0.2) is 5.01 Å². The van der Waals surface area contributed by atoms with Crippen molar-refractivity contribution in [3.05, 3.63) is 64.7 Å². The molecule has 1 fully saturated rings. The van der Waals surface area contributed by atoms with E-state index < -0.39 is 5.72 Å². The second-order valence-corrected chi connectivity index (χ2v) is 9.05. The Labute approximate surface area is 167 Å². The van der Waals surface area contributed by atoms with Gasteiger partial charge in [0.05, 0.1) is 24.0 Å². The zero-order chi connectivity index (χ0) is 19.5. The van der Waals surface area contributed by atoms with Crippen LogP contribution in [0.5, 0.6) is 5.75 Å². The summed E-state index contributed by atoms with van der Waals surface area (Å²) in [5.41, 5.74) is 5.53. The number of para-hydroxylation sites is 1. The zero-order valence-electron chi connectivity index (χ0n) is 17.2. The molecule has 1 spiro atoms. The maximum atomic E-state index is 6.69. The van der Waals surface area contributed by atoms with Gasteiger partial charge in [-0.1, -0.05) is 35.9 Å². The van der Waals surface area contributed by atoms with Crippen LogP contribution in [0.15, 0.2) is 47.6 Å². The van der Waals surface area contributed by atoms with E-state index in [1.807, 2.05) is 0 Å². The molecule has 28 heavy (non-hydrogen) atoms. The van der Waals surface area contributed by atoms with Gasteiger partial charge in [0, 0.05) is 30.4 Å². The number of nitrogens with zero attached hydrogens (tertiary/aromatic N) is 2. The van der Waals surface area contributed by atoms with E-state index in [-0.39, 0.29) is 11.6 Å². The first-order valence-electron chi connectivity index (χ1n) is 10.2. The molecule has 0 bridgehead atoms. The number of fused-ring (bicyclic) bond motifs is 4. The average molecular weight is 377 g/mol. The number of hydrogen-bond donors (Lipinski definition) is 0. The van der Waals surface area contributed by atoms with Gasteiger partial charge < -0.3 is 9.47 Å². The van der Waals surface area contributed by atoms with Crippen molar-refractivity contribution in [2.45, 2.75) is 64.3 Å². The molecule has 0 radical (unpaired) electrons. The number of hydrazone groups is 1. The fraction of sp³-hybridized carbons (Fsp3) is 0.458. The maximum Gasteiger partial charge on any atom is 0.203 e. The lowest BCUT2D eigenvalue weighted by Crippen LogP contribution is -2.60. The van der Waals surface area contributed by atoms with E-state index in [1.165, 1.54) is 22.3 Å². The summed E-state index contributed by atoms with van der Waals surface area (Å²) in [7, 11) is 0. The predicted octanol–water partition coefficient (Wildman–Crippen LogP) is 5.13. The van der Waals surface area contributed by atoms with Gasteiger partial charge in [0.15, 0.2) is 0 Å². The third-order valence-corrected chi connectivity index (χ3v) is 6.30. The number of aryl methyl sites for hydroxylation is 2. The van der Waals surface area contributed by atoms with Crippen LogP contribution >= 0.6 is 0 Å². The van der Waals surface area contributed by atoms with Crippen molar-refractivity contribution in [3.8, 4) is 5.75 Å². The lowest BCUT2D eigenvalue weighted by Gasteiger charge is -2.52. The van der Waals surface area contributed by atoms with Gasteiger partial charge in [-0.2, -0.15) is 5.10 Å². The number of benzene rings is 2. The maximum absolute atomic E-state index is 6.69. The van der Waals surface area contributed by atoms with E-state index in [2.05, 4.69) is 75.2 Å². The van der Waals surface area contributed by atoms with E-state index in [0.717, 1.165) is 30.7 Å². The molecule has 2 atom stereocenters. The summed E-state index contributed by atoms with van der Waals surface area (Å²) >= 11 is 0. The molecule has 5 rings (SSSR count). The normalized spacial score (nSPS) is 27.8. The molecule has 0 aromatic heterocycles. The quantitative estimate of drug-likeness (QED) is 0.692. The molecular formula is C24H28N2O2. The van der Waals surface area contributed by atoms with Gasteiger partial charge >= 0.3 is 0 Å². The molecule has 2 aromatic rings. The molecule has 1 saturated heterocycles. The van der Waals surface area contributed by atoms with E-state index in [1.54, 1.807) is 0 Å². The standard InChI is InChI=1S/C24H28N2O2/c1-16-9-10-17(2)19(13-16)20-14-21-18-7-5-6-8-22(18)28-24(26(21)25-20)11-12-27-23(3,4)15-24/h5-10,13,21H,11-12,14-15H2,1-4H3/t21-,24-/m0/s1. The fourth-order valence-electron chi connectivity index (χ4n) is 5.01. The first kappa shape index (κ1) is 17.7. The Morgan fingerprint density at radius 1 is 1.11 bits per heavy atom. The van der Waals surface area contributed by atoms with Crippen molar-refractivity contribution in [1.82, 2.24) is 5.01 Å². The molecule has 3 heterocycles. The van der Waals surface area contributed by atoms with Crippen molar-refractivity contribution in [1.29, 1.82) is 0 Å². The van der Waals surface area contributed by atoms with Crippen molar-refractivity contribution in [2.24, 2.45) is 5.10 Å².